The van der Waals surface area contributed by atoms with Crippen LogP contribution < -0.4 is 20.7 Å². The molecule has 1 aromatic carbocycles. The average molecular weight is 277 g/mol. The predicted octanol–water partition coefficient (Wildman–Crippen LogP) is 1.79. The van der Waals surface area contributed by atoms with Gasteiger partial charge in [0.25, 0.3) is 0 Å². The fourth-order valence-corrected chi connectivity index (χ4v) is 1.99. The number of ether oxygens (including phenoxy) is 2. The summed E-state index contributed by atoms with van der Waals surface area (Å²) in [5, 5.41) is 0. The number of benzene rings is 1. The third-order valence-corrected chi connectivity index (χ3v) is 2.97. The van der Waals surface area contributed by atoms with E-state index < -0.39 is 11.9 Å². The fraction of sp³-hybridized carbons (Fsp3) is 0.214. The topological polar surface area (TPSA) is 69.4 Å². The van der Waals surface area contributed by atoms with Crippen LogP contribution in [0.2, 0.25) is 0 Å². The van der Waals surface area contributed by atoms with Crippen molar-refractivity contribution in [2.75, 3.05) is 14.2 Å². The molecule has 0 spiro atoms. The Kier molecular flexibility index (Phi) is 4.49. The minimum Gasteiger partial charge on any atom is -0.497 e. The molecule has 0 saturated heterocycles. The molecule has 2 aromatic rings. The second kappa shape index (κ2) is 6.31. The zero-order valence-corrected chi connectivity index (χ0v) is 11.3. The first kappa shape index (κ1) is 14.2. The number of nitrogens with one attached hydrogen (secondary N) is 1. The summed E-state index contributed by atoms with van der Waals surface area (Å²) in [5.74, 6) is 6.31. The maximum atomic E-state index is 13.9. The van der Waals surface area contributed by atoms with Crippen LogP contribution in [0.25, 0.3) is 0 Å². The summed E-state index contributed by atoms with van der Waals surface area (Å²) >= 11 is 0. The van der Waals surface area contributed by atoms with E-state index in [4.69, 9.17) is 15.3 Å². The first-order valence-corrected chi connectivity index (χ1v) is 5.99. The molecule has 1 heterocycles. The molecular formula is C14H16FN3O2. The number of aromatic nitrogens is 1. The number of hydrazine groups is 1. The van der Waals surface area contributed by atoms with E-state index in [0.717, 1.165) is 0 Å². The SMILES string of the molecule is COc1ccc(OC)c(C(NN)c2ncccc2F)c1. The zero-order valence-electron chi connectivity index (χ0n) is 11.3. The van der Waals surface area contributed by atoms with Crippen LogP contribution in [0.3, 0.4) is 0 Å². The predicted molar refractivity (Wildman–Crippen MR) is 72.9 cm³/mol. The molecule has 5 nitrogen and oxygen atoms in total. The van der Waals surface area contributed by atoms with Crippen molar-refractivity contribution in [2.45, 2.75) is 6.04 Å². The second-order valence-electron chi connectivity index (χ2n) is 4.08. The summed E-state index contributed by atoms with van der Waals surface area (Å²) in [6.45, 7) is 0. The van der Waals surface area contributed by atoms with E-state index in [2.05, 4.69) is 10.4 Å². The first-order chi connectivity index (χ1) is 9.71. The minimum atomic E-state index is -0.638. The van der Waals surface area contributed by atoms with Gasteiger partial charge in [-0.15, -0.1) is 0 Å². The van der Waals surface area contributed by atoms with Crippen LogP contribution in [0, 0.1) is 5.82 Å². The molecule has 0 radical (unpaired) electrons. The summed E-state index contributed by atoms with van der Waals surface area (Å²) in [4.78, 5) is 4.04. The second-order valence-corrected chi connectivity index (χ2v) is 4.08. The van der Waals surface area contributed by atoms with Crippen LogP contribution in [-0.2, 0) is 0 Å². The lowest BCUT2D eigenvalue weighted by molar-refractivity contribution is 0.392. The number of rotatable bonds is 5. The van der Waals surface area contributed by atoms with Gasteiger partial charge in [-0.3, -0.25) is 10.8 Å². The smallest absolute Gasteiger partial charge is 0.146 e. The highest BCUT2D eigenvalue weighted by Gasteiger charge is 2.22. The fourth-order valence-electron chi connectivity index (χ4n) is 1.99. The highest BCUT2D eigenvalue weighted by atomic mass is 19.1. The Morgan fingerprint density at radius 3 is 2.65 bits per heavy atom. The number of nitrogens with zero attached hydrogens (tertiary/aromatic N) is 1. The van der Waals surface area contributed by atoms with Gasteiger partial charge in [-0.1, -0.05) is 0 Å². The molecule has 0 aliphatic carbocycles. The van der Waals surface area contributed by atoms with E-state index in [1.807, 2.05) is 0 Å². The molecule has 106 valence electrons. The van der Waals surface area contributed by atoms with Crippen molar-refractivity contribution >= 4 is 0 Å². The van der Waals surface area contributed by atoms with Crippen molar-refractivity contribution < 1.29 is 13.9 Å². The Bertz CT molecular complexity index is 592. The average Bonchev–Trinajstić information content (AvgIpc) is 2.49. The van der Waals surface area contributed by atoms with E-state index in [9.17, 15) is 4.39 Å². The van der Waals surface area contributed by atoms with Gasteiger partial charge in [0, 0.05) is 11.8 Å². The number of methoxy groups -OCH3 is 2. The van der Waals surface area contributed by atoms with Crippen molar-refractivity contribution in [2.24, 2.45) is 5.84 Å². The van der Waals surface area contributed by atoms with Gasteiger partial charge >= 0.3 is 0 Å². The molecule has 0 aliphatic heterocycles. The zero-order chi connectivity index (χ0) is 14.5. The van der Waals surface area contributed by atoms with Gasteiger partial charge < -0.3 is 9.47 Å². The summed E-state index contributed by atoms with van der Waals surface area (Å²) < 4.78 is 24.4. The van der Waals surface area contributed by atoms with Gasteiger partial charge in [-0.05, 0) is 30.3 Å². The Morgan fingerprint density at radius 2 is 2.05 bits per heavy atom. The summed E-state index contributed by atoms with van der Waals surface area (Å²) in [6.07, 6.45) is 1.51. The van der Waals surface area contributed by atoms with Crippen molar-refractivity contribution in [3.8, 4) is 11.5 Å². The molecule has 2 rings (SSSR count). The van der Waals surface area contributed by atoms with Gasteiger partial charge in [0.15, 0.2) is 0 Å². The lowest BCUT2D eigenvalue weighted by atomic mass is 10.0. The van der Waals surface area contributed by atoms with E-state index in [1.54, 1.807) is 25.3 Å². The number of nitrogens with two attached hydrogens (primary N) is 1. The molecule has 0 bridgehead atoms. The minimum absolute atomic E-state index is 0.196. The Balaban J connectivity index is 2.54. The number of halogens is 1. The van der Waals surface area contributed by atoms with Gasteiger partial charge in [-0.2, -0.15) is 0 Å². The number of hydrogen-bond donors (Lipinski definition) is 2. The van der Waals surface area contributed by atoms with Crippen LogP contribution in [0.1, 0.15) is 17.3 Å². The summed E-state index contributed by atoms with van der Waals surface area (Å²) in [6, 6.07) is 7.44. The lowest BCUT2D eigenvalue weighted by Crippen LogP contribution is -2.30. The molecular weight excluding hydrogens is 261 g/mol. The third kappa shape index (κ3) is 2.71. The Morgan fingerprint density at radius 1 is 1.25 bits per heavy atom. The molecule has 0 amide bonds. The molecule has 1 aromatic heterocycles. The molecule has 0 aliphatic rings. The summed E-state index contributed by atoms with van der Waals surface area (Å²) in [7, 11) is 3.09. The molecule has 0 fully saturated rings. The Hall–Kier alpha value is -2.18. The van der Waals surface area contributed by atoms with Crippen LogP contribution >= 0.6 is 0 Å². The highest BCUT2D eigenvalue weighted by molar-refractivity contribution is 5.45. The molecule has 6 heteroatoms. The van der Waals surface area contributed by atoms with Crippen LogP contribution in [-0.4, -0.2) is 19.2 Å². The van der Waals surface area contributed by atoms with E-state index in [0.29, 0.717) is 17.1 Å². The number of hydrogen-bond acceptors (Lipinski definition) is 5. The van der Waals surface area contributed by atoms with E-state index >= 15 is 0 Å². The molecule has 1 atom stereocenters. The van der Waals surface area contributed by atoms with Gasteiger partial charge in [-0.25, -0.2) is 9.82 Å². The molecule has 0 saturated carbocycles. The standard InChI is InChI=1S/C14H16FN3O2/c1-19-9-5-6-12(20-2)10(8-9)13(18-16)14-11(15)4-3-7-17-14/h3-8,13,18H,16H2,1-2H3. The largest absolute Gasteiger partial charge is 0.497 e. The molecule has 3 N–H and O–H groups in total. The maximum Gasteiger partial charge on any atom is 0.146 e. The number of pyridine rings is 1. The van der Waals surface area contributed by atoms with Gasteiger partial charge in [0.2, 0.25) is 0 Å². The van der Waals surface area contributed by atoms with Crippen LogP contribution in [0.5, 0.6) is 11.5 Å². The van der Waals surface area contributed by atoms with Crippen molar-refractivity contribution in [3.05, 3.63) is 53.6 Å². The molecule has 20 heavy (non-hydrogen) atoms. The normalized spacial score (nSPS) is 12.0. The van der Waals surface area contributed by atoms with E-state index in [1.165, 1.54) is 25.4 Å². The highest BCUT2D eigenvalue weighted by Crippen LogP contribution is 2.32. The van der Waals surface area contributed by atoms with Gasteiger partial charge in [0.05, 0.1) is 26.0 Å². The van der Waals surface area contributed by atoms with Gasteiger partial charge in [0.1, 0.15) is 17.3 Å². The van der Waals surface area contributed by atoms with Crippen molar-refractivity contribution in [1.29, 1.82) is 0 Å². The maximum absolute atomic E-state index is 13.9. The first-order valence-electron chi connectivity index (χ1n) is 5.99. The van der Waals surface area contributed by atoms with Crippen molar-refractivity contribution in [3.63, 3.8) is 0 Å². The van der Waals surface area contributed by atoms with Crippen molar-refractivity contribution in [1.82, 2.24) is 10.4 Å². The third-order valence-electron chi connectivity index (χ3n) is 2.97. The molecule has 1 unspecified atom stereocenters. The Labute approximate surface area is 116 Å². The van der Waals surface area contributed by atoms with E-state index in [-0.39, 0.29) is 5.69 Å². The quantitative estimate of drug-likeness (QED) is 0.644. The van der Waals surface area contributed by atoms with Crippen LogP contribution in [0.4, 0.5) is 4.39 Å². The summed E-state index contributed by atoms with van der Waals surface area (Å²) in [5.41, 5.74) is 3.40. The lowest BCUT2D eigenvalue weighted by Gasteiger charge is -2.19. The monoisotopic (exact) mass is 277 g/mol. The van der Waals surface area contributed by atoms with Crippen LogP contribution in [0.15, 0.2) is 36.5 Å².